The van der Waals surface area contributed by atoms with Gasteiger partial charge in [-0.25, -0.2) is 9.97 Å². The molecule has 3 aromatic heterocycles. The van der Waals surface area contributed by atoms with E-state index in [0.717, 1.165) is 43.1 Å². The Morgan fingerprint density at radius 3 is 2.75 bits per heavy atom. The van der Waals surface area contributed by atoms with Crippen LogP contribution in [-0.4, -0.2) is 41.2 Å². The fourth-order valence-electron chi connectivity index (χ4n) is 2.57. The van der Waals surface area contributed by atoms with E-state index in [2.05, 4.69) is 20.9 Å². The summed E-state index contributed by atoms with van der Waals surface area (Å²) in [6, 6.07) is 5.75. The molecule has 1 aliphatic rings. The Morgan fingerprint density at radius 1 is 1.25 bits per heavy atom. The van der Waals surface area contributed by atoms with Crippen LogP contribution in [-0.2, 0) is 11.3 Å². The van der Waals surface area contributed by atoms with E-state index < -0.39 is 0 Å². The Labute approximate surface area is 145 Å². The number of thiophene rings is 1. The van der Waals surface area contributed by atoms with Crippen molar-refractivity contribution in [3.63, 3.8) is 0 Å². The highest BCUT2D eigenvalue weighted by molar-refractivity contribution is 7.18. The van der Waals surface area contributed by atoms with Crippen LogP contribution in [0.2, 0.25) is 0 Å². The van der Waals surface area contributed by atoms with E-state index in [-0.39, 0.29) is 0 Å². The van der Waals surface area contributed by atoms with Crippen molar-refractivity contribution in [2.75, 3.05) is 32.0 Å². The first kappa shape index (κ1) is 16.9. The number of rotatable bonds is 3. The Bertz CT molecular complexity index is 779. The molecule has 0 aromatic carbocycles. The summed E-state index contributed by atoms with van der Waals surface area (Å²) in [4.78, 5) is 13.5. The smallest absolute Gasteiger partial charge is 0.199 e. The Balaban J connectivity index is 0.000000815. The normalized spacial score (nSPS) is 15.2. The van der Waals surface area contributed by atoms with Gasteiger partial charge in [-0.05, 0) is 18.2 Å². The number of anilines is 1. The van der Waals surface area contributed by atoms with Gasteiger partial charge in [0.1, 0.15) is 10.6 Å². The monoisotopic (exact) mass is 346 g/mol. The van der Waals surface area contributed by atoms with Crippen molar-refractivity contribution in [1.29, 1.82) is 0 Å². The van der Waals surface area contributed by atoms with Crippen molar-refractivity contribution in [1.82, 2.24) is 14.9 Å². The average molecular weight is 346 g/mol. The third-order valence-corrected chi connectivity index (χ3v) is 4.71. The van der Waals surface area contributed by atoms with E-state index in [4.69, 9.17) is 14.9 Å². The molecule has 0 radical (unpaired) electrons. The molecule has 0 amide bonds. The minimum Gasteiger partial charge on any atom is -0.461 e. The molecule has 1 saturated heterocycles. The third-order valence-electron chi connectivity index (χ3n) is 3.70. The number of hydrogen-bond donors (Lipinski definition) is 1. The molecule has 0 aliphatic carbocycles. The lowest BCUT2D eigenvalue weighted by Crippen LogP contribution is -2.35. The minimum atomic E-state index is 0.501. The number of aromatic nitrogens is 2. The number of fused-ring (bicyclic) bond motifs is 1. The molecular weight excluding hydrogens is 324 g/mol. The molecule has 4 rings (SSSR count). The highest BCUT2D eigenvalue weighted by Crippen LogP contribution is 2.30. The summed E-state index contributed by atoms with van der Waals surface area (Å²) < 4.78 is 10.7. The summed E-state index contributed by atoms with van der Waals surface area (Å²) in [5.41, 5.74) is 6.09. The van der Waals surface area contributed by atoms with Crippen LogP contribution in [0.3, 0.4) is 0 Å². The first-order chi connectivity index (χ1) is 11.8. The zero-order valence-corrected chi connectivity index (χ0v) is 14.8. The lowest BCUT2D eigenvalue weighted by Gasteiger charge is -2.25. The molecule has 0 atom stereocenters. The van der Waals surface area contributed by atoms with E-state index in [1.165, 1.54) is 4.88 Å². The first-order valence-electron chi connectivity index (χ1n) is 8.19. The maximum atomic E-state index is 6.09. The maximum absolute atomic E-state index is 6.09. The fourth-order valence-corrected chi connectivity index (χ4v) is 3.64. The van der Waals surface area contributed by atoms with Crippen LogP contribution in [0.4, 0.5) is 5.82 Å². The summed E-state index contributed by atoms with van der Waals surface area (Å²) in [7, 11) is 0. The standard InChI is InChI=1S/C15H16N4O2S.C2H6/c16-13-11-8-10(9-19-3-6-20-7-4-19)22-15(11)18-14(17-13)12-2-1-5-21-12;1-2/h1-2,5,8H,3-4,6-7,9H2,(H2,16,17,18);1-2H3. The van der Waals surface area contributed by atoms with Gasteiger partial charge < -0.3 is 14.9 Å². The second kappa shape index (κ2) is 7.74. The van der Waals surface area contributed by atoms with Crippen LogP contribution in [0.5, 0.6) is 0 Å². The minimum absolute atomic E-state index is 0.501. The van der Waals surface area contributed by atoms with Crippen molar-refractivity contribution in [3.8, 4) is 11.6 Å². The van der Waals surface area contributed by atoms with Gasteiger partial charge in [0.25, 0.3) is 0 Å². The van der Waals surface area contributed by atoms with Gasteiger partial charge in [-0.15, -0.1) is 11.3 Å². The third kappa shape index (κ3) is 3.58. The van der Waals surface area contributed by atoms with Crippen molar-refractivity contribution < 1.29 is 9.15 Å². The second-order valence-electron chi connectivity index (χ2n) is 5.23. The van der Waals surface area contributed by atoms with Crippen LogP contribution < -0.4 is 5.73 Å². The first-order valence-corrected chi connectivity index (χ1v) is 9.01. The summed E-state index contributed by atoms with van der Waals surface area (Å²) in [6.07, 6.45) is 1.61. The van der Waals surface area contributed by atoms with Gasteiger partial charge >= 0.3 is 0 Å². The largest absolute Gasteiger partial charge is 0.461 e. The van der Waals surface area contributed by atoms with E-state index in [0.29, 0.717) is 17.4 Å². The number of furan rings is 1. The van der Waals surface area contributed by atoms with Crippen molar-refractivity contribution in [2.24, 2.45) is 0 Å². The van der Waals surface area contributed by atoms with Gasteiger partial charge in [0, 0.05) is 24.5 Å². The average Bonchev–Trinajstić information content (AvgIpc) is 3.27. The molecule has 7 heteroatoms. The summed E-state index contributed by atoms with van der Waals surface area (Å²) in [5, 5.41) is 0.920. The summed E-state index contributed by atoms with van der Waals surface area (Å²) >= 11 is 1.66. The summed E-state index contributed by atoms with van der Waals surface area (Å²) in [6.45, 7) is 8.44. The van der Waals surface area contributed by atoms with Crippen LogP contribution in [0.25, 0.3) is 21.8 Å². The highest BCUT2D eigenvalue weighted by atomic mass is 32.1. The fraction of sp³-hybridized carbons (Fsp3) is 0.412. The molecule has 0 saturated carbocycles. The Kier molecular flexibility index (Phi) is 5.44. The second-order valence-corrected chi connectivity index (χ2v) is 6.35. The van der Waals surface area contributed by atoms with E-state index in [1.54, 1.807) is 17.6 Å². The number of morpholine rings is 1. The van der Waals surface area contributed by atoms with E-state index >= 15 is 0 Å². The molecule has 6 nitrogen and oxygen atoms in total. The number of nitrogen functional groups attached to an aromatic ring is 1. The lowest BCUT2D eigenvalue weighted by molar-refractivity contribution is 0.0346. The zero-order chi connectivity index (χ0) is 16.9. The number of nitrogens with zero attached hydrogens (tertiary/aromatic N) is 3. The van der Waals surface area contributed by atoms with E-state index in [1.807, 2.05) is 26.0 Å². The van der Waals surface area contributed by atoms with Crippen molar-refractivity contribution >= 4 is 27.4 Å². The molecule has 3 aromatic rings. The summed E-state index contributed by atoms with van der Waals surface area (Å²) in [5.74, 6) is 1.67. The highest BCUT2D eigenvalue weighted by Gasteiger charge is 2.15. The molecule has 0 unspecified atom stereocenters. The molecule has 24 heavy (non-hydrogen) atoms. The Hall–Kier alpha value is -1.96. The molecule has 0 spiro atoms. The van der Waals surface area contributed by atoms with Gasteiger partial charge in [0.15, 0.2) is 11.6 Å². The van der Waals surface area contributed by atoms with Gasteiger partial charge in [-0.1, -0.05) is 13.8 Å². The quantitative estimate of drug-likeness (QED) is 0.783. The Morgan fingerprint density at radius 2 is 2.04 bits per heavy atom. The molecule has 128 valence electrons. The maximum Gasteiger partial charge on any atom is 0.199 e. The molecule has 0 bridgehead atoms. The number of hydrogen-bond acceptors (Lipinski definition) is 7. The van der Waals surface area contributed by atoms with Crippen LogP contribution in [0, 0.1) is 0 Å². The molecule has 2 N–H and O–H groups in total. The van der Waals surface area contributed by atoms with Gasteiger partial charge in [0.2, 0.25) is 0 Å². The molecule has 1 fully saturated rings. The van der Waals surface area contributed by atoms with Crippen LogP contribution in [0.1, 0.15) is 18.7 Å². The molecular formula is C17H22N4O2S. The van der Waals surface area contributed by atoms with Gasteiger partial charge in [-0.3, -0.25) is 4.90 Å². The lowest BCUT2D eigenvalue weighted by atomic mass is 10.3. The van der Waals surface area contributed by atoms with Gasteiger partial charge in [-0.2, -0.15) is 0 Å². The van der Waals surface area contributed by atoms with Crippen molar-refractivity contribution in [3.05, 3.63) is 29.3 Å². The van der Waals surface area contributed by atoms with E-state index in [9.17, 15) is 0 Å². The van der Waals surface area contributed by atoms with Gasteiger partial charge in [0.05, 0.1) is 24.9 Å². The van der Waals surface area contributed by atoms with Crippen LogP contribution >= 0.6 is 11.3 Å². The number of nitrogens with two attached hydrogens (primary N) is 1. The molecule has 4 heterocycles. The van der Waals surface area contributed by atoms with Crippen molar-refractivity contribution in [2.45, 2.75) is 20.4 Å². The zero-order valence-electron chi connectivity index (χ0n) is 14.0. The topological polar surface area (TPSA) is 77.4 Å². The van der Waals surface area contributed by atoms with Crippen LogP contribution in [0.15, 0.2) is 28.9 Å². The molecule has 1 aliphatic heterocycles. The predicted octanol–water partition coefficient (Wildman–Crippen LogP) is 3.39. The predicted molar refractivity (Wildman–Crippen MR) is 97.0 cm³/mol. The SMILES string of the molecule is CC.Nc1nc(-c2ccco2)nc2sc(CN3CCOCC3)cc12. The number of ether oxygens (including phenoxy) is 1.